The Morgan fingerprint density at radius 3 is 2.26 bits per heavy atom. The van der Waals surface area contributed by atoms with Crippen LogP contribution in [0.4, 0.5) is 4.39 Å². The number of nitrogens with zero attached hydrogens (tertiary/aromatic N) is 5. The zero-order valence-corrected chi connectivity index (χ0v) is 17.0. The molecule has 8 nitrogen and oxygen atoms in total. The third kappa shape index (κ3) is 2.70. The summed E-state index contributed by atoms with van der Waals surface area (Å²) < 4.78 is 24.7. The molecule has 0 spiro atoms. The first kappa shape index (κ1) is 18.9. The number of ether oxygens (including phenoxy) is 1. The molecule has 2 aromatic carbocycles. The van der Waals surface area contributed by atoms with Gasteiger partial charge in [0.25, 0.3) is 5.56 Å². The zero-order chi connectivity index (χ0) is 21.9. The van der Waals surface area contributed by atoms with Crippen LogP contribution in [-0.4, -0.2) is 30.2 Å². The highest BCUT2D eigenvalue weighted by Crippen LogP contribution is 2.30. The predicted octanol–water partition coefficient (Wildman–Crippen LogP) is 2.49. The molecule has 0 unspecified atom stereocenters. The van der Waals surface area contributed by atoms with E-state index in [1.54, 1.807) is 36.9 Å². The minimum absolute atomic E-state index is 0.278. The maximum Gasteiger partial charge on any atom is 0.332 e. The summed E-state index contributed by atoms with van der Waals surface area (Å²) in [5.74, 6) is 0.788. The van der Waals surface area contributed by atoms with E-state index >= 15 is 0 Å². The summed E-state index contributed by atoms with van der Waals surface area (Å²) in [5, 5.41) is 0. The van der Waals surface area contributed by atoms with Crippen LogP contribution in [0.2, 0.25) is 0 Å². The molecule has 0 amide bonds. The maximum atomic E-state index is 13.6. The van der Waals surface area contributed by atoms with Crippen LogP contribution < -0.4 is 16.0 Å². The summed E-state index contributed by atoms with van der Waals surface area (Å²) in [6.07, 6.45) is 1.79. The van der Waals surface area contributed by atoms with Crippen molar-refractivity contribution in [1.82, 2.24) is 23.1 Å². The number of aromatic nitrogens is 5. The molecule has 31 heavy (non-hydrogen) atoms. The summed E-state index contributed by atoms with van der Waals surface area (Å²) >= 11 is 0. The van der Waals surface area contributed by atoms with Crippen LogP contribution in [0, 0.1) is 5.82 Å². The average Bonchev–Trinajstić information content (AvgIpc) is 3.33. The molecule has 5 aromatic rings. The van der Waals surface area contributed by atoms with Crippen LogP contribution in [0.15, 0.2) is 64.3 Å². The van der Waals surface area contributed by atoms with Gasteiger partial charge in [-0.05, 0) is 48.5 Å². The first-order chi connectivity index (χ1) is 14.9. The van der Waals surface area contributed by atoms with Crippen molar-refractivity contribution in [3.05, 3.63) is 81.4 Å². The summed E-state index contributed by atoms with van der Waals surface area (Å²) in [6, 6.07) is 13.5. The number of benzene rings is 2. The molecule has 0 aliphatic heterocycles. The lowest BCUT2D eigenvalue weighted by Crippen LogP contribution is -2.37. The van der Waals surface area contributed by atoms with Gasteiger partial charge in [-0.2, -0.15) is 4.98 Å². The van der Waals surface area contributed by atoms with Gasteiger partial charge >= 0.3 is 5.69 Å². The van der Waals surface area contributed by atoms with Gasteiger partial charge in [0, 0.05) is 31.5 Å². The Kier molecular flexibility index (Phi) is 4.07. The highest BCUT2D eigenvalue weighted by Gasteiger charge is 2.21. The molecule has 0 N–H and O–H groups in total. The summed E-state index contributed by atoms with van der Waals surface area (Å²) in [4.78, 5) is 29.9. The Balaban J connectivity index is 1.92. The van der Waals surface area contributed by atoms with E-state index in [-0.39, 0.29) is 17.0 Å². The van der Waals surface area contributed by atoms with E-state index in [9.17, 15) is 14.0 Å². The number of rotatable bonds is 3. The number of aryl methyl sites for hydroxylation is 1. The highest BCUT2D eigenvalue weighted by molar-refractivity contribution is 5.79. The Morgan fingerprint density at radius 1 is 0.935 bits per heavy atom. The topological polar surface area (TPSA) is 75.5 Å². The lowest BCUT2D eigenvalue weighted by molar-refractivity contribution is 0.415. The molecular weight excluding hydrogens is 401 g/mol. The van der Waals surface area contributed by atoms with Crippen molar-refractivity contribution in [1.29, 1.82) is 0 Å². The first-order valence-electron chi connectivity index (χ1n) is 9.50. The zero-order valence-electron chi connectivity index (χ0n) is 17.0. The van der Waals surface area contributed by atoms with E-state index in [0.29, 0.717) is 17.2 Å². The van der Waals surface area contributed by atoms with E-state index in [1.807, 2.05) is 28.8 Å². The van der Waals surface area contributed by atoms with Crippen LogP contribution in [0.5, 0.6) is 5.75 Å². The Labute approximate surface area is 175 Å². The lowest BCUT2D eigenvalue weighted by Gasteiger charge is -2.10. The van der Waals surface area contributed by atoms with Gasteiger partial charge in [-0.3, -0.25) is 22.9 Å². The second-order valence-electron chi connectivity index (χ2n) is 7.21. The van der Waals surface area contributed by atoms with Crippen molar-refractivity contribution in [3.63, 3.8) is 0 Å². The number of hydrogen-bond donors (Lipinski definition) is 0. The average molecular weight is 419 g/mol. The standard InChI is InChI=1S/C22H18FN5O3/c1-25-19-18(20(29)26(2)22(25)30)27-12-17(13-4-10-16(31-3)11-5-13)28(21(27)24-19)15-8-6-14(23)7-9-15/h4-12H,1-3H3. The SMILES string of the molecule is COc1ccc(-c2cn3c4c(=O)n(C)c(=O)n(C)c4nc3n2-c2ccc(F)cc2)cc1. The molecule has 0 radical (unpaired) electrons. The van der Waals surface area contributed by atoms with Crippen molar-refractivity contribution in [2.45, 2.75) is 0 Å². The van der Waals surface area contributed by atoms with Crippen molar-refractivity contribution in [2.75, 3.05) is 7.11 Å². The first-order valence-corrected chi connectivity index (χ1v) is 9.50. The Hall–Kier alpha value is -4.14. The van der Waals surface area contributed by atoms with Gasteiger partial charge in [0.2, 0.25) is 5.78 Å². The number of hydrogen-bond acceptors (Lipinski definition) is 4. The molecule has 0 bridgehead atoms. The smallest absolute Gasteiger partial charge is 0.332 e. The van der Waals surface area contributed by atoms with Gasteiger partial charge in [-0.1, -0.05) is 0 Å². The molecule has 3 aromatic heterocycles. The summed E-state index contributed by atoms with van der Waals surface area (Å²) in [5.41, 5.74) is 1.93. The van der Waals surface area contributed by atoms with Gasteiger partial charge in [0.1, 0.15) is 11.6 Å². The Morgan fingerprint density at radius 2 is 1.61 bits per heavy atom. The van der Waals surface area contributed by atoms with Crippen LogP contribution >= 0.6 is 0 Å². The van der Waals surface area contributed by atoms with Crippen molar-refractivity contribution >= 4 is 16.9 Å². The fraction of sp³-hybridized carbons (Fsp3) is 0.136. The maximum absolute atomic E-state index is 13.6. The summed E-state index contributed by atoms with van der Waals surface area (Å²) in [6.45, 7) is 0. The molecule has 0 atom stereocenters. The predicted molar refractivity (Wildman–Crippen MR) is 114 cm³/mol. The van der Waals surface area contributed by atoms with Crippen LogP contribution in [0.3, 0.4) is 0 Å². The Bertz CT molecular complexity index is 1570. The highest BCUT2D eigenvalue weighted by atomic mass is 19.1. The minimum atomic E-state index is -0.457. The van der Waals surface area contributed by atoms with Crippen molar-refractivity contribution < 1.29 is 9.13 Å². The molecular formula is C22H18FN5O3. The van der Waals surface area contributed by atoms with Crippen molar-refractivity contribution in [3.8, 4) is 22.7 Å². The number of imidazole rings is 2. The quantitative estimate of drug-likeness (QED) is 0.450. The van der Waals surface area contributed by atoms with Crippen LogP contribution in [0.25, 0.3) is 33.9 Å². The van der Waals surface area contributed by atoms with Gasteiger partial charge in [-0.15, -0.1) is 0 Å². The fourth-order valence-electron chi connectivity index (χ4n) is 3.78. The largest absolute Gasteiger partial charge is 0.497 e. The van der Waals surface area contributed by atoms with E-state index in [4.69, 9.17) is 4.74 Å². The monoisotopic (exact) mass is 419 g/mol. The van der Waals surface area contributed by atoms with E-state index in [2.05, 4.69) is 4.98 Å². The van der Waals surface area contributed by atoms with Gasteiger partial charge in [0.15, 0.2) is 11.2 Å². The number of fused-ring (bicyclic) bond motifs is 3. The van der Waals surface area contributed by atoms with Crippen molar-refractivity contribution in [2.24, 2.45) is 14.1 Å². The normalized spacial score (nSPS) is 11.5. The molecule has 0 saturated heterocycles. The molecule has 0 aliphatic rings. The molecule has 0 saturated carbocycles. The second kappa shape index (κ2) is 6.69. The third-order valence-corrected chi connectivity index (χ3v) is 5.44. The molecule has 156 valence electrons. The molecule has 0 fully saturated rings. The van der Waals surface area contributed by atoms with E-state index in [0.717, 1.165) is 15.8 Å². The van der Waals surface area contributed by atoms with Gasteiger partial charge in [-0.25, -0.2) is 9.18 Å². The van der Waals surface area contributed by atoms with Crippen LogP contribution in [-0.2, 0) is 14.1 Å². The van der Waals surface area contributed by atoms with E-state index < -0.39 is 11.2 Å². The molecule has 9 heteroatoms. The second-order valence-corrected chi connectivity index (χ2v) is 7.21. The summed E-state index contributed by atoms with van der Waals surface area (Å²) in [7, 11) is 4.60. The molecule has 5 rings (SSSR count). The third-order valence-electron chi connectivity index (χ3n) is 5.44. The van der Waals surface area contributed by atoms with Gasteiger partial charge in [0.05, 0.1) is 12.8 Å². The molecule has 0 aliphatic carbocycles. The van der Waals surface area contributed by atoms with Gasteiger partial charge < -0.3 is 4.74 Å². The lowest BCUT2D eigenvalue weighted by atomic mass is 10.1. The fourth-order valence-corrected chi connectivity index (χ4v) is 3.78. The van der Waals surface area contributed by atoms with Crippen LogP contribution in [0.1, 0.15) is 0 Å². The molecule has 3 heterocycles. The number of methoxy groups -OCH3 is 1. The number of halogens is 1. The van der Waals surface area contributed by atoms with E-state index in [1.165, 1.54) is 23.7 Å². The minimum Gasteiger partial charge on any atom is -0.497 e.